The molecule has 1 N–H and O–H groups in total. The summed E-state index contributed by atoms with van der Waals surface area (Å²) in [4.78, 5) is 16.3. The van der Waals surface area contributed by atoms with Crippen molar-refractivity contribution < 1.29 is 4.79 Å². The van der Waals surface area contributed by atoms with Crippen LogP contribution in [0.1, 0.15) is 13.3 Å². The number of hydrogen-bond acceptors (Lipinski definition) is 5. The van der Waals surface area contributed by atoms with Crippen molar-refractivity contribution in [1.82, 2.24) is 19.7 Å². The lowest BCUT2D eigenvalue weighted by atomic mass is 10.2. The molecule has 140 valence electrons. The summed E-state index contributed by atoms with van der Waals surface area (Å²) in [7, 11) is 0. The Morgan fingerprint density at radius 2 is 2.04 bits per heavy atom. The number of nitrogens with one attached hydrogen (secondary N) is 1. The van der Waals surface area contributed by atoms with Crippen molar-refractivity contribution in [2.75, 3.05) is 11.1 Å². The molecule has 0 fully saturated rings. The fourth-order valence-corrected chi connectivity index (χ4v) is 3.93. The molecule has 2 heterocycles. The van der Waals surface area contributed by atoms with Crippen molar-refractivity contribution in [2.24, 2.45) is 0 Å². The van der Waals surface area contributed by atoms with E-state index in [-0.39, 0.29) is 11.7 Å². The summed E-state index contributed by atoms with van der Waals surface area (Å²) in [5, 5.41) is 12.6. The number of aromatic nitrogens is 4. The summed E-state index contributed by atoms with van der Waals surface area (Å²) in [6.45, 7) is 2.86. The van der Waals surface area contributed by atoms with Gasteiger partial charge in [-0.1, -0.05) is 46.2 Å². The SMILES string of the molecule is CCCn1c(SCC(=O)Nc2ccc(Br)cc2Cl)nnc1-c1ccncc1. The second-order valence-electron chi connectivity index (χ2n) is 5.65. The first kappa shape index (κ1) is 19.9. The number of hydrogen-bond donors (Lipinski definition) is 1. The molecule has 9 heteroatoms. The predicted octanol–water partition coefficient (Wildman–Crippen LogP) is 4.90. The van der Waals surface area contributed by atoms with Crippen LogP contribution in [0.15, 0.2) is 52.4 Å². The average molecular weight is 467 g/mol. The number of benzene rings is 1. The van der Waals surface area contributed by atoms with Gasteiger partial charge in [0.15, 0.2) is 11.0 Å². The van der Waals surface area contributed by atoms with Crippen molar-refractivity contribution in [3.63, 3.8) is 0 Å². The van der Waals surface area contributed by atoms with Crippen LogP contribution in [-0.2, 0) is 11.3 Å². The smallest absolute Gasteiger partial charge is 0.234 e. The zero-order chi connectivity index (χ0) is 19.2. The zero-order valence-electron chi connectivity index (χ0n) is 14.5. The van der Waals surface area contributed by atoms with Crippen LogP contribution in [0, 0.1) is 0 Å². The maximum absolute atomic E-state index is 12.3. The average Bonchev–Trinajstić information content (AvgIpc) is 3.06. The van der Waals surface area contributed by atoms with Crippen LogP contribution in [0.25, 0.3) is 11.4 Å². The Morgan fingerprint density at radius 3 is 2.74 bits per heavy atom. The van der Waals surface area contributed by atoms with Crippen molar-refractivity contribution in [3.05, 3.63) is 52.2 Å². The summed E-state index contributed by atoms with van der Waals surface area (Å²) in [6, 6.07) is 9.12. The normalized spacial score (nSPS) is 10.8. The molecular weight excluding hydrogens is 450 g/mol. The lowest BCUT2D eigenvalue weighted by Crippen LogP contribution is -2.15. The van der Waals surface area contributed by atoms with E-state index in [0.29, 0.717) is 15.9 Å². The van der Waals surface area contributed by atoms with Gasteiger partial charge in [-0.05, 0) is 36.8 Å². The molecule has 0 atom stereocenters. The van der Waals surface area contributed by atoms with Crippen molar-refractivity contribution in [1.29, 1.82) is 0 Å². The van der Waals surface area contributed by atoms with Gasteiger partial charge in [0, 0.05) is 29.0 Å². The summed E-state index contributed by atoms with van der Waals surface area (Å²) < 4.78 is 2.89. The number of thioether (sulfide) groups is 1. The number of amides is 1. The van der Waals surface area contributed by atoms with Gasteiger partial charge in [-0.3, -0.25) is 9.78 Å². The maximum atomic E-state index is 12.3. The Hall–Kier alpha value is -1.90. The molecule has 2 aromatic heterocycles. The fraction of sp³-hybridized carbons (Fsp3) is 0.222. The summed E-state index contributed by atoms with van der Waals surface area (Å²) in [5.41, 5.74) is 1.53. The number of carbonyl (C=O) groups excluding carboxylic acids is 1. The molecule has 3 rings (SSSR count). The molecule has 0 radical (unpaired) electrons. The van der Waals surface area contributed by atoms with E-state index in [1.165, 1.54) is 11.8 Å². The number of nitrogens with zero attached hydrogens (tertiary/aromatic N) is 4. The van der Waals surface area contributed by atoms with E-state index in [1.54, 1.807) is 24.5 Å². The molecule has 0 saturated carbocycles. The Morgan fingerprint density at radius 1 is 1.26 bits per heavy atom. The Bertz CT molecular complexity index is 935. The van der Waals surface area contributed by atoms with Crippen LogP contribution >= 0.6 is 39.3 Å². The quantitative estimate of drug-likeness (QED) is 0.502. The number of pyridine rings is 1. The third-order valence-corrected chi connectivity index (χ3v) is 5.41. The molecule has 1 amide bonds. The summed E-state index contributed by atoms with van der Waals surface area (Å²) in [6.07, 6.45) is 4.38. The van der Waals surface area contributed by atoms with E-state index in [2.05, 4.69) is 43.4 Å². The molecule has 0 saturated heterocycles. The lowest BCUT2D eigenvalue weighted by molar-refractivity contribution is -0.113. The number of carbonyl (C=O) groups is 1. The van der Waals surface area contributed by atoms with E-state index >= 15 is 0 Å². The molecule has 27 heavy (non-hydrogen) atoms. The van der Waals surface area contributed by atoms with Crippen LogP contribution in [0.5, 0.6) is 0 Å². The second-order valence-corrected chi connectivity index (χ2v) is 7.92. The van der Waals surface area contributed by atoms with Crippen molar-refractivity contribution >= 4 is 50.9 Å². The van der Waals surface area contributed by atoms with Gasteiger partial charge in [0.2, 0.25) is 5.91 Å². The number of anilines is 1. The van der Waals surface area contributed by atoms with Gasteiger partial charge in [0.25, 0.3) is 0 Å². The number of halogens is 2. The van der Waals surface area contributed by atoms with Gasteiger partial charge >= 0.3 is 0 Å². The highest BCUT2D eigenvalue weighted by atomic mass is 79.9. The number of rotatable bonds is 7. The van der Waals surface area contributed by atoms with Crippen LogP contribution in [-0.4, -0.2) is 31.4 Å². The van der Waals surface area contributed by atoms with Gasteiger partial charge in [-0.25, -0.2) is 0 Å². The second kappa shape index (κ2) is 9.34. The van der Waals surface area contributed by atoms with Crippen molar-refractivity contribution in [2.45, 2.75) is 25.0 Å². The molecule has 0 aliphatic carbocycles. The maximum Gasteiger partial charge on any atom is 0.234 e. The molecule has 1 aromatic carbocycles. The monoisotopic (exact) mass is 465 g/mol. The van der Waals surface area contributed by atoms with E-state index in [1.807, 2.05) is 22.8 Å². The lowest BCUT2D eigenvalue weighted by Gasteiger charge is -2.09. The van der Waals surface area contributed by atoms with Crippen molar-refractivity contribution in [3.8, 4) is 11.4 Å². The summed E-state index contributed by atoms with van der Waals surface area (Å²) >= 11 is 10.8. The largest absolute Gasteiger partial charge is 0.324 e. The molecule has 0 unspecified atom stereocenters. The Balaban J connectivity index is 1.70. The molecule has 3 aromatic rings. The Labute approximate surface area is 174 Å². The fourth-order valence-electron chi connectivity index (χ4n) is 2.44. The molecule has 6 nitrogen and oxygen atoms in total. The topological polar surface area (TPSA) is 72.7 Å². The third-order valence-electron chi connectivity index (χ3n) is 3.64. The van der Waals surface area contributed by atoms with Gasteiger partial charge in [0.1, 0.15) is 0 Å². The van der Waals surface area contributed by atoms with E-state index in [0.717, 1.165) is 28.8 Å². The van der Waals surface area contributed by atoms with Gasteiger partial charge in [-0.2, -0.15) is 0 Å². The standard InChI is InChI=1S/C18H17BrClN5OS/c1-2-9-25-17(12-5-7-21-8-6-12)23-24-18(25)27-11-16(26)22-15-4-3-13(19)10-14(15)20/h3-8,10H,2,9,11H2,1H3,(H,22,26). The highest BCUT2D eigenvalue weighted by Crippen LogP contribution is 2.27. The minimum absolute atomic E-state index is 0.152. The molecule has 0 aliphatic heterocycles. The molecule has 0 aliphatic rings. The van der Waals surface area contributed by atoms with Crippen LogP contribution in [0.2, 0.25) is 5.02 Å². The van der Waals surface area contributed by atoms with E-state index < -0.39 is 0 Å². The van der Waals surface area contributed by atoms with Crippen LogP contribution in [0.4, 0.5) is 5.69 Å². The Kier molecular flexibility index (Phi) is 6.87. The summed E-state index contributed by atoms with van der Waals surface area (Å²) in [5.74, 6) is 0.837. The minimum atomic E-state index is -0.152. The van der Waals surface area contributed by atoms with E-state index in [9.17, 15) is 4.79 Å². The van der Waals surface area contributed by atoms with Crippen LogP contribution < -0.4 is 5.32 Å². The predicted molar refractivity (Wildman–Crippen MR) is 112 cm³/mol. The zero-order valence-corrected chi connectivity index (χ0v) is 17.7. The first-order valence-corrected chi connectivity index (χ1v) is 10.5. The minimum Gasteiger partial charge on any atom is -0.324 e. The molecule has 0 bridgehead atoms. The highest BCUT2D eigenvalue weighted by molar-refractivity contribution is 9.10. The third kappa shape index (κ3) is 5.09. The van der Waals surface area contributed by atoms with Gasteiger partial charge in [0.05, 0.1) is 16.5 Å². The van der Waals surface area contributed by atoms with Gasteiger partial charge < -0.3 is 9.88 Å². The van der Waals surface area contributed by atoms with E-state index in [4.69, 9.17) is 11.6 Å². The van der Waals surface area contributed by atoms with Gasteiger partial charge in [-0.15, -0.1) is 10.2 Å². The first-order valence-electron chi connectivity index (χ1n) is 8.29. The van der Waals surface area contributed by atoms with Crippen LogP contribution in [0.3, 0.4) is 0 Å². The molecule has 0 spiro atoms. The first-order chi connectivity index (χ1) is 13.1. The highest BCUT2D eigenvalue weighted by Gasteiger charge is 2.15. The molecular formula is C18H17BrClN5OS.